The lowest BCUT2D eigenvalue weighted by Gasteiger charge is -2.34. The molecule has 0 radical (unpaired) electrons. The average Bonchev–Trinajstić information content (AvgIpc) is 3.35. The molecule has 1 saturated carbocycles. The molecule has 2 heterocycles. The van der Waals surface area contributed by atoms with E-state index >= 15 is 0 Å². The number of aromatic nitrogens is 1. The first-order valence-electron chi connectivity index (χ1n) is 10.1. The third-order valence-corrected chi connectivity index (χ3v) is 6.59. The maximum Gasteiger partial charge on any atom is 0.149 e. The van der Waals surface area contributed by atoms with Crippen molar-refractivity contribution in [3.63, 3.8) is 0 Å². The van der Waals surface area contributed by atoms with Crippen LogP contribution >= 0.6 is 0 Å². The molecule has 2 aliphatic carbocycles. The van der Waals surface area contributed by atoms with Crippen LogP contribution in [-0.2, 0) is 6.42 Å². The SMILES string of the molecule is Cc1nc(N2N=C3c4ccccc4CCC3C2C2CCCC2)ccc1C#N. The first-order chi connectivity index (χ1) is 13.3. The lowest BCUT2D eigenvalue weighted by atomic mass is 9.75. The monoisotopic (exact) mass is 356 g/mol. The van der Waals surface area contributed by atoms with Crippen molar-refractivity contribution in [1.82, 2.24) is 4.98 Å². The number of hydrogen-bond acceptors (Lipinski definition) is 4. The zero-order valence-electron chi connectivity index (χ0n) is 15.7. The second-order valence-corrected chi connectivity index (χ2v) is 8.08. The fourth-order valence-corrected chi connectivity index (χ4v) is 5.27. The number of fused-ring (bicyclic) bond motifs is 3. The second-order valence-electron chi connectivity index (χ2n) is 8.08. The minimum Gasteiger partial charge on any atom is -0.244 e. The van der Waals surface area contributed by atoms with Gasteiger partial charge in [-0.15, -0.1) is 0 Å². The molecular weight excluding hydrogens is 332 g/mol. The van der Waals surface area contributed by atoms with Gasteiger partial charge in [0.15, 0.2) is 0 Å². The Hall–Kier alpha value is -2.67. The van der Waals surface area contributed by atoms with E-state index < -0.39 is 0 Å². The summed E-state index contributed by atoms with van der Waals surface area (Å²) in [6.45, 7) is 1.91. The van der Waals surface area contributed by atoms with Gasteiger partial charge in [-0.3, -0.25) is 0 Å². The Labute approximate surface area is 160 Å². The molecule has 4 heteroatoms. The molecule has 0 saturated heterocycles. The summed E-state index contributed by atoms with van der Waals surface area (Å²) >= 11 is 0. The van der Waals surface area contributed by atoms with Crippen LogP contribution < -0.4 is 5.01 Å². The summed E-state index contributed by atoms with van der Waals surface area (Å²) in [5, 5.41) is 16.6. The van der Waals surface area contributed by atoms with Crippen molar-refractivity contribution >= 4 is 11.5 Å². The Balaban J connectivity index is 1.60. The third kappa shape index (κ3) is 2.65. The van der Waals surface area contributed by atoms with Crippen LogP contribution in [0.5, 0.6) is 0 Å². The molecule has 0 spiro atoms. The highest BCUT2D eigenvalue weighted by molar-refractivity contribution is 6.06. The van der Waals surface area contributed by atoms with Gasteiger partial charge in [0.05, 0.1) is 23.0 Å². The Bertz CT molecular complexity index is 949. The molecule has 0 bridgehead atoms. The van der Waals surface area contributed by atoms with Crippen molar-refractivity contribution in [1.29, 1.82) is 5.26 Å². The van der Waals surface area contributed by atoms with Crippen molar-refractivity contribution in [2.45, 2.75) is 51.5 Å². The van der Waals surface area contributed by atoms with E-state index in [1.807, 2.05) is 19.1 Å². The summed E-state index contributed by atoms with van der Waals surface area (Å²) in [7, 11) is 0. The molecule has 1 aliphatic heterocycles. The van der Waals surface area contributed by atoms with Crippen molar-refractivity contribution in [3.8, 4) is 6.07 Å². The van der Waals surface area contributed by atoms with E-state index in [0.29, 0.717) is 23.4 Å². The number of nitriles is 1. The summed E-state index contributed by atoms with van der Waals surface area (Å²) in [6.07, 6.45) is 7.54. The van der Waals surface area contributed by atoms with Crippen molar-refractivity contribution in [2.24, 2.45) is 16.9 Å². The molecule has 5 rings (SSSR count). The van der Waals surface area contributed by atoms with Gasteiger partial charge in [0.25, 0.3) is 0 Å². The highest BCUT2D eigenvalue weighted by Crippen LogP contribution is 2.44. The van der Waals surface area contributed by atoms with Gasteiger partial charge < -0.3 is 0 Å². The molecule has 1 aromatic heterocycles. The van der Waals surface area contributed by atoms with Gasteiger partial charge in [-0.25, -0.2) is 9.99 Å². The normalized spacial score (nSPS) is 24.3. The molecule has 0 N–H and O–H groups in total. The Morgan fingerprint density at radius 3 is 2.67 bits per heavy atom. The zero-order valence-corrected chi connectivity index (χ0v) is 15.7. The minimum atomic E-state index is 0.399. The van der Waals surface area contributed by atoms with Crippen LogP contribution in [0.3, 0.4) is 0 Å². The Kier molecular flexibility index (Phi) is 3.97. The number of benzene rings is 1. The molecule has 1 fully saturated rings. The lowest BCUT2D eigenvalue weighted by molar-refractivity contribution is 0.352. The van der Waals surface area contributed by atoms with Gasteiger partial charge in [-0.2, -0.15) is 10.4 Å². The molecule has 136 valence electrons. The minimum absolute atomic E-state index is 0.399. The van der Waals surface area contributed by atoms with E-state index in [1.165, 1.54) is 48.9 Å². The van der Waals surface area contributed by atoms with Crippen LogP contribution in [0.15, 0.2) is 41.5 Å². The number of anilines is 1. The number of rotatable bonds is 2. The lowest BCUT2D eigenvalue weighted by Crippen LogP contribution is -2.41. The first-order valence-corrected chi connectivity index (χ1v) is 10.1. The number of hydrazone groups is 1. The van der Waals surface area contributed by atoms with E-state index in [2.05, 4.69) is 35.3 Å². The van der Waals surface area contributed by atoms with Gasteiger partial charge in [-0.1, -0.05) is 37.1 Å². The van der Waals surface area contributed by atoms with E-state index in [4.69, 9.17) is 10.1 Å². The molecule has 2 atom stereocenters. The molecule has 27 heavy (non-hydrogen) atoms. The zero-order chi connectivity index (χ0) is 18.4. The molecule has 0 amide bonds. The van der Waals surface area contributed by atoms with Gasteiger partial charge in [0, 0.05) is 11.5 Å². The quantitative estimate of drug-likeness (QED) is 0.790. The van der Waals surface area contributed by atoms with Gasteiger partial charge in [-0.05, 0) is 56.2 Å². The largest absolute Gasteiger partial charge is 0.244 e. The van der Waals surface area contributed by atoms with E-state index in [9.17, 15) is 5.26 Å². The standard InChI is InChI=1S/C23H24N4/c1-15-18(14-24)11-13-21(25-15)27-23(17-7-2-3-8-17)20-12-10-16-6-4-5-9-19(16)22(20)26-27/h4-6,9,11,13,17,20,23H,2-3,7-8,10,12H2,1H3. The molecule has 2 unspecified atom stereocenters. The highest BCUT2D eigenvalue weighted by atomic mass is 15.5. The summed E-state index contributed by atoms with van der Waals surface area (Å²) in [5.74, 6) is 2.06. The average molecular weight is 356 g/mol. The van der Waals surface area contributed by atoms with Crippen molar-refractivity contribution in [3.05, 3.63) is 58.8 Å². The highest BCUT2D eigenvalue weighted by Gasteiger charge is 2.45. The second kappa shape index (κ2) is 6.49. The maximum absolute atomic E-state index is 9.25. The number of pyridine rings is 1. The third-order valence-electron chi connectivity index (χ3n) is 6.59. The van der Waals surface area contributed by atoms with E-state index in [0.717, 1.165) is 17.9 Å². The first kappa shape index (κ1) is 16.5. The summed E-state index contributed by atoms with van der Waals surface area (Å²) < 4.78 is 0. The van der Waals surface area contributed by atoms with Crippen molar-refractivity contribution < 1.29 is 0 Å². The molecule has 3 aliphatic rings. The summed E-state index contributed by atoms with van der Waals surface area (Å²) in [6, 6.07) is 15.2. The number of nitrogens with zero attached hydrogens (tertiary/aromatic N) is 4. The number of hydrogen-bond donors (Lipinski definition) is 0. The smallest absolute Gasteiger partial charge is 0.149 e. The molecular formula is C23H24N4. The molecule has 4 nitrogen and oxygen atoms in total. The van der Waals surface area contributed by atoms with Crippen LogP contribution in [0.25, 0.3) is 0 Å². The number of aryl methyl sites for hydroxylation is 2. The topological polar surface area (TPSA) is 52.3 Å². The Morgan fingerprint density at radius 1 is 1.07 bits per heavy atom. The van der Waals surface area contributed by atoms with Crippen molar-refractivity contribution in [2.75, 3.05) is 5.01 Å². The summed E-state index contributed by atoms with van der Waals surface area (Å²) in [5.41, 5.74) is 5.42. The van der Waals surface area contributed by atoms with Crippen LogP contribution in [0, 0.1) is 30.1 Å². The summed E-state index contributed by atoms with van der Waals surface area (Å²) in [4.78, 5) is 4.76. The Morgan fingerprint density at radius 2 is 1.89 bits per heavy atom. The molecule has 2 aromatic rings. The van der Waals surface area contributed by atoms with Gasteiger partial charge >= 0.3 is 0 Å². The fourth-order valence-electron chi connectivity index (χ4n) is 5.27. The van der Waals surface area contributed by atoms with Gasteiger partial charge in [0.1, 0.15) is 11.9 Å². The van der Waals surface area contributed by atoms with Crippen LogP contribution in [0.4, 0.5) is 5.82 Å². The predicted molar refractivity (Wildman–Crippen MR) is 107 cm³/mol. The van der Waals surface area contributed by atoms with E-state index in [-0.39, 0.29) is 0 Å². The predicted octanol–water partition coefficient (Wildman–Crippen LogP) is 4.61. The van der Waals surface area contributed by atoms with Crippen LogP contribution in [0.1, 0.15) is 54.5 Å². The van der Waals surface area contributed by atoms with Crippen LogP contribution in [0.2, 0.25) is 0 Å². The molecule has 1 aromatic carbocycles. The van der Waals surface area contributed by atoms with Gasteiger partial charge in [0.2, 0.25) is 0 Å². The van der Waals surface area contributed by atoms with E-state index in [1.54, 1.807) is 0 Å². The van der Waals surface area contributed by atoms with Crippen LogP contribution in [-0.4, -0.2) is 16.7 Å². The fraction of sp³-hybridized carbons (Fsp3) is 0.435. The maximum atomic E-state index is 9.25.